The second-order valence-electron chi connectivity index (χ2n) is 4.49. The number of hydrogen-bond donors (Lipinski definition) is 2. The largest absolute Gasteiger partial charge is 0.397 e. The first kappa shape index (κ1) is 12.2. The van der Waals surface area contributed by atoms with Crippen LogP contribution in [-0.2, 0) is 10.8 Å². The third kappa shape index (κ3) is 2.21. The van der Waals surface area contributed by atoms with E-state index >= 15 is 0 Å². The quantitative estimate of drug-likeness (QED) is 0.720. The van der Waals surface area contributed by atoms with E-state index in [2.05, 4.69) is 14.9 Å². The average molecular weight is 278 g/mol. The molecule has 0 amide bonds. The van der Waals surface area contributed by atoms with Crippen molar-refractivity contribution in [3.05, 3.63) is 28.8 Å². The van der Waals surface area contributed by atoms with Crippen LogP contribution in [0.1, 0.15) is 0 Å². The number of nitrogens with zero attached hydrogens (tertiary/aromatic N) is 2. The van der Waals surface area contributed by atoms with Crippen LogP contribution in [-0.4, -0.2) is 38.8 Å². The van der Waals surface area contributed by atoms with Crippen molar-refractivity contribution in [2.75, 3.05) is 35.2 Å². The molecular formula is C12H14N4O2S. The van der Waals surface area contributed by atoms with Gasteiger partial charge in [-0.1, -0.05) is 0 Å². The van der Waals surface area contributed by atoms with E-state index in [9.17, 15) is 9.00 Å². The van der Waals surface area contributed by atoms with Crippen molar-refractivity contribution in [2.45, 2.75) is 0 Å². The van der Waals surface area contributed by atoms with E-state index < -0.39 is 10.8 Å². The molecule has 1 aromatic carbocycles. The van der Waals surface area contributed by atoms with E-state index in [1.165, 1.54) is 6.33 Å². The summed E-state index contributed by atoms with van der Waals surface area (Å²) in [4.78, 5) is 20.4. The molecule has 0 aliphatic carbocycles. The molecule has 100 valence electrons. The van der Waals surface area contributed by atoms with Crippen LogP contribution < -0.4 is 16.2 Å². The van der Waals surface area contributed by atoms with Gasteiger partial charge in [0.25, 0.3) is 5.56 Å². The molecule has 0 spiro atoms. The van der Waals surface area contributed by atoms with E-state index in [-0.39, 0.29) is 5.56 Å². The maximum atomic E-state index is 11.7. The van der Waals surface area contributed by atoms with Gasteiger partial charge in [-0.3, -0.25) is 9.00 Å². The van der Waals surface area contributed by atoms with Gasteiger partial charge in [-0.25, -0.2) is 4.98 Å². The molecule has 7 heteroatoms. The van der Waals surface area contributed by atoms with Crippen LogP contribution in [0.3, 0.4) is 0 Å². The molecule has 1 saturated heterocycles. The van der Waals surface area contributed by atoms with Gasteiger partial charge in [0.2, 0.25) is 0 Å². The third-order valence-corrected chi connectivity index (χ3v) is 4.58. The molecule has 2 heterocycles. The zero-order valence-electron chi connectivity index (χ0n) is 10.3. The summed E-state index contributed by atoms with van der Waals surface area (Å²) in [7, 11) is -0.725. The maximum Gasteiger partial charge on any atom is 0.258 e. The van der Waals surface area contributed by atoms with Crippen LogP contribution in [0, 0.1) is 0 Å². The van der Waals surface area contributed by atoms with E-state index in [1.807, 2.05) is 6.07 Å². The molecule has 0 saturated carbocycles. The van der Waals surface area contributed by atoms with Gasteiger partial charge in [-0.05, 0) is 12.1 Å². The van der Waals surface area contributed by atoms with Crippen LogP contribution in [0.4, 0.5) is 11.4 Å². The molecule has 1 aliphatic heterocycles. The first-order chi connectivity index (χ1) is 9.15. The van der Waals surface area contributed by atoms with E-state index in [0.717, 1.165) is 5.69 Å². The van der Waals surface area contributed by atoms with Crippen molar-refractivity contribution in [3.8, 4) is 0 Å². The van der Waals surface area contributed by atoms with Crippen molar-refractivity contribution in [3.63, 3.8) is 0 Å². The van der Waals surface area contributed by atoms with Crippen LogP contribution in [0.25, 0.3) is 10.9 Å². The number of aromatic nitrogens is 2. The van der Waals surface area contributed by atoms with Gasteiger partial charge < -0.3 is 15.6 Å². The number of nitrogens with two attached hydrogens (primary N) is 1. The minimum atomic E-state index is -0.725. The Labute approximate surface area is 112 Å². The lowest BCUT2D eigenvalue weighted by atomic mass is 10.1. The summed E-state index contributed by atoms with van der Waals surface area (Å²) < 4.78 is 11.4. The Kier molecular flexibility index (Phi) is 2.98. The summed E-state index contributed by atoms with van der Waals surface area (Å²) in [5.74, 6) is 1.31. The normalized spacial score (nSPS) is 16.9. The molecule has 1 fully saturated rings. The zero-order valence-corrected chi connectivity index (χ0v) is 11.1. The maximum absolute atomic E-state index is 11.7. The fourth-order valence-electron chi connectivity index (χ4n) is 2.27. The van der Waals surface area contributed by atoms with Crippen molar-refractivity contribution in [1.29, 1.82) is 0 Å². The van der Waals surface area contributed by atoms with Crippen molar-refractivity contribution < 1.29 is 4.21 Å². The molecule has 0 atom stereocenters. The molecule has 3 rings (SSSR count). The van der Waals surface area contributed by atoms with Gasteiger partial charge in [-0.2, -0.15) is 0 Å². The summed E-state index contributed by atoms with van der Waals surface area (Å²) in [6, 6.07) is 3.48. The fraction of sp³-hybridized carbons (Fsp3) is 0.333. The minimum Gasteiger partial charge on any atom is -0.397 e. The topological polar surface area (TPSA) is 92.1 Å². The van der Waals surface area contributed by atoms with Gasteiger partial charge in [-0.15, -0.1) is 0 Å². The fourth-order valence-corrected chi connectivity index (χ4v) is 3.33. The van der Waals surface area contributed by atoms with Crippen molar-refractivity contribution in [2.24, 2.45) is 0 Å². The monoisotopic (exact) mass is 278 g/mol. The Hall–Kier alpha value is -1.89. The van der Waals surface area contributed by atoms with Gasteiger partial charge in [0.05, 0.1) is 28.6 Å². The molecule has 1 aromatic heterocycles. The van der Waals surface area contributed by atoms with Crippen molar-refractivity contribution in [1.82, 2.24) is 9.97 Å². The number of fused-ring (bicyclic) bond motifs is 1. The summed E-state index contributed by atoms with van der Waals surface area (Å²) in [6.07, 6.45) is 1.38. The highest BCUT2D eigenvalue weighted by molar-refractivity contribution is 7.85. The Morgan fingerprint density at radius 3 is 2.79 bits per heavy atom. The summed E-state index contributed by atoms with van der Waals surface area (Å²) in [6.45, 7) is 1.43. The van der Waals surface area contributed by atoms with E-state index in [1.54, 1.807) is 6.07 Å². The van der Waals surface area contributed by atoms with Crippen molar-refractivity contribution >= 4 is 33.1 Å². The molecule has 19 heavy (non-hydrogen) atoms. The van der Waals surface area contributed by atoms with Gasteiger partial charge >= 0.3 is 0 Å². The molecule has 2 aromatic rings. The van der Waals surface area contributed by atoms with Gasteiger partial charge in [0.1, 0.15) is 0 Å². The smallest absolute Gasteiger partial charge is 0.258 e. The Balaban J connectivity index is 2.07. The highest BCUT2D eigenvalue weighted by Gasteiger charge is 2.18. The Morgan fingerprint density at radius 1 is 1.32 bits per heavy atom. The molecule has 0 radical (unpaired) electrons. The summed E-state index contributed by atoms with van der Waals surface area (Å²) >= 11 is 0. The van der Waals surface area contributed by atoms with Crippen LogP contribution in [0.15, 0.2) is 23.3 Å². The number of H-pyrrole nitrogens is 1. The first-order valence-electron chi connectivity index (χ1n) is 6.02. The minimum absolute atomic E-state index is 0.192. The number of benzene rings is 1. The second kappa shape index (κ2) is 4.65. The standard InChI is InChI=1S/C12H14N4O2S/c13-9-5-8-10(14-7-15-12(8)17)6-11(9)16-1-3-19(18)4-2-16/h5-7H,1-4,13H2,(H,14,15,17). The predicted octanol–water partition coefficient (Wildman–Crippen LogP) is 0.0740. The third-order valence-electron chi connectivity index (χ3n) is 3.31. The molecule has 1 aliphatic rings. The number of rotatable bonds is 1. The highest BCUT2D eigenvalue weighted by atomic mass is 32.2. The number of nitrogen functional groups attached to an aromatic ring is 1. The highest BCUT2D eigenvalue weighted by Crippen LogP contribution is 2.27. The summed E-state index contributed by atoms with van der Waals surface area (Å²) in [5.41, 5.74) is 7.87. The summed E-state index contributed by atoms with van der Waals surface area (Å²) in [5, 5.41) is 0.490. The zero-order chi connectivity index (χ0) is 13.4. The Morgan fingerprint density at radius 2 is 2.05 bits per heavy atom. The molecule has 6 nitrogen and oxygen atoms in total. The van der Waals surface area contributed by atoms with Crippen LogP contribution >= 0.6 is 0 Å². The Bertz CT molecular complexity index is 702. The van der Waals surface area contributed by atoms with Gasteiger partial charge in [0.15, 0.2) is 0 Å². The number of anilines is 2. The average Bonchev–Trinajstić information content (AvgIpc) is 2.40. The lowest BCUT2D eigenvalue weighted by Crippen LogP contribution is -2.38. The predicted molar refractivity (Wildman–Crippen MR) is 76.9 cm³/mol. The molecule has 0 unspecified atom stereocenters. The van der Waals surface area contributed by atoms with E-state index in [0.29, 0.717) is 41.2 Å². The molecule has 3 N–H and O–H groups in total. The second-order valence-corrected chi connectivity index (χ2v) is 6.19. The SMILES string of the molecule is Nc1cc2c(=O)[nH]cnc2cc1N1CCS(=O)CC1. The number of nitrogens with one attached hydrogen (secondary N) is 1. The van der Waals surface area contributed by atoms with E-state index in [4.69, 9.17) is 5.73 Å². The van der Waals surface area contributed by atoms with Crippen LogP contribution in [0.5, 0.6) is 0 Å². The lowest BCUT2D eigenvalue weighted by Gasteiger charge is -2.29. The van der Waals surface area contributed by atoms with Crippen LogP contribution in [0.2, 0.25) is 0 Å². The first-order valence-corrected chi connectivity index (χ1v) is 7.51. The molecule has 0 bridgehead atoms. The molecular weight excluding hydrogens is 264 g/mol. The lowest BCUT2D eigenvalue weighted by molar-refractivity contribution is 0.673. The number of hydrogen-bond acceptors (Lipinski definition) is 5. The van der Waals surface area contributed by atoms with Gasteiger partial charge in [0, 0.05) is 35.4 Å². The number of aromatic amines is 1.